The van der Waals surface area contributed by atoms with E-state index < -0.39 is 0 Å². The summed E-state index contributed by atoms with van der Waals surface area (Å²) in [5.41, 5.74) is 0.198. The molecule has 24 rings (SSSR count). The zero-order valence-electron chi connectivity index (χ0n) is 68.9. The van der Waals surface area contributed by atoms with Gasteiger partial charge in [-0.25, -0.2) is 0 Å². The summed E-state index contributed by atoms with van der Waals surface area (Å²) >= 11 is 0. The van der Waals surface area contributed by atoms with E-state index in [9.17, 15) is 15.3 Å². The molecule has 4 N–H and O–H groups in total. The highest BCUT2D eigenvalue weighted by atomic mass is 16.3. The van der Waals surface area contributed by atoms with Crippen molar-refractivity contribution in [1.82, 2.24) is 0 Å². The maximum absolute atomic E-state index is 10.1. The molecule has 570 valence electrons. The molecule has 4 nitrogen and oxygen atoms in total. The largest absolute Gasteiger partial charge is 0.396 e. The Bertz CT molecular complexity index is 1720. The van der Waals surface area contributed by atoms with E-state index in [0.717, 1.165) is 175 Å². The van der Waals surface area contributed by atoms with Crippen LogP contribution < -0.4 is 0 Å². The third kappa shape index (κ3) is 25.6. The van der Waals surface area contributed by atoms with Gasteiger partial charge in [-0.1, -0.05) is 203 Å². The third-order valence-corrected chi connectivity index (χ3v) is 28.9. The van der Waals surface area contributed by atoms with Crippen LogP contribution in [0.4, 0.5) is 0 Å². The normalized spacial score (nSPS) is 43.3. The summed E-state index contributed by atoms with van der Waals surface area (Å²) < 4.78 is 0. The monoisotopic (exact) mass is 1350 g/mol. The average molecular weight is 1350 g/mol. The van der Waals surface area contributed by atoms with Crippen LogP contribution >= 0.6 is 0 Å². The first kappa shape index (κ1) is 88.2. The van der Waals surface area contributed by atoms with E-state index in [4.69, 9.17) is 5.11 Å². The smallest absolute Gasteiger partial charge is 0.0655 e. The second-order valence-electron chi connectivity index (χ2n) is 35.4. The van der Waals surface area contributed by atoms with Crippen molar-refractivity contribution < 1.29 is 20.4 Å². The van der Waals surface area contributed by atoms with Crippen molar-refractivity contribution in [2.45, 2.75) is 432 Å². The van der Waals surface area contributed by atoms with Gasteiger partial charge in [0.25, 0.3) is 0 Å². The molecule has 24 fully saturated rings. The van der Waals surface area contributed by atoms with Crippen LogP contribution in [0.3, 0.4) is 0 Å². The molecule has 3 unspecified atom stereocenters. The maximum atomic E-state index is 10.1. The van der Waals surface area contributed by atoms with Gasteiger partial charge in [0.2, 0.25) is 0 Å². The second-order valence-corrected chi connectivity index (χ2v) is 35.4. The van der Waals surface area contributed by atoms with Crippen LogP contribution in [-0.4, -0.2) is 44.8 Å². The first-order valence-corrected chi connectivity index (χ1v) is 45.4. The molecule has 24 aliphatic carbocycles. The van der Waals surface area contributed by atoms with Gasteiger partial charge in [-0.05, 0) is 359 Å². The molecule has 4 heteroatoms. The van der Waals surface area contributed by atoms with Gasteiger partial charge in [-0.2, -0.15) is 0 Å². The van der Waals surface area contributed by atoms with E-state index in [1.165, 1.54) is 141 Å². The standard InChI is InChI=1S/C13H22.C12H20.C11H18O.C11H18.C10H16O.C7H12O.C6H12O.C6H12.8C2H6/c1-8(2)13-11-4-9-3-10(6-11)7-12(13)5-9;1-2-12-10-4-8-3-9(6-10)7-11(12)5-8;12-7-11-4-8-1-9(5-11)3-10(2-8)6-11;1-7-10-3-8-2-9(5-10)6-11(7)4-8;11-10-4-7-1-8(5-10)3-9(2-7)6-10;8-7-4-5-1-2-6(7)3-5;7-6-4-2-1-3-5-6;1-2-4-6-5-3-1;8*1-2/h8-13H,3-7H2,1-2H3;8-12H,2-7H2,1H3;8-10,12H,1-7H2;7-11H,2-6H2,1H3;7-9,11H,1-6H2;5-8H,1-4H2;6-7H,1-5H2;1-6H2;8*1-2H3. The molecular formula is C92H178O4. The van der Waals surface area contributed by atoms with E-state index >= 15 is 0 Å². The molecule has 24 aliphatic rings. The quantitative estimate of drug-likeness (QED) is 0.227. The van der Waals surface area contributed by atoms with E-state index in [2.05, 4.69) is 27.7 Å². The second kappa shape index (κ2) is 46.6. The van der Waals surface area contributed by atoms with Gasteiger partial charge in [0, 0.05) is 6.61 Å². The predicted octanol–water partition coefficient (Wildman–Crippen LogP) is 27.4. The highest BCUT2D eigenvalue weighted by Gasteiger charge is 2.53. The fourth-order valence-electron chi connectivity index (χ4n) is 26.9. The molecule has 96 heavy (non-hydrogen) atoms. The SMILES string of the molecule is C1CCCCC1.CC.CC.CC.CC.CC.CC.CC.CC.CC(C)C1C2CC3CC(C2)CC1C3.CC1C2CC3CC(C2)CC1C3.CCC1C2CC3CC(C2)CC1C3.OC12CC3CC(CC(C3)C1)C2.OC1CC2CCC1C2.OC1CCCCC1.OCC12CC3CC(CC(C3)C1)C2. The lowest BCUT2D eigenvalue weighted by molar-refractivity contribution is -0.124. The van der Waals surface area contributed by atoms with E-state index in [-0.39, 0.29) is 17.8 Å². The van der Waals surface area contributed by atoms with Gasteiger partial charge in [0.15, 0.2) is 0 Å². The lowest BCUT2D eigenvalue weighted by Gasteiger charge is -2.56. The summed E-state index contributed by atoms with van der Waals surface area (Å²) in [6.45, 7) is 42.3. The van der Waals surface area contributed by atoms with Crippen molar-refractivity contribution in [3.05, 3.63) is 0 Å². The number of aliphatic hydroxyl groups excluding tert-OH is 3. The minimum Gasteiger partial charge on any atom is -0.396 e. The molecule has 22 bridgehead atoms. The summed E-state index contributed by atoms with van der Waals surface area (Å²) in [6.07, 6.45) is 61.7. The molecule has 24 saturated carbocycles. The summed E-state index contributed by atoms with van der Waals surface area (Å²) in [4.78, 5) is 0. The first-order chi connectivity index (χ1) is 46.7. The number of hydrogen-bond acceptors (Lipinski definition) is 4. The van der Waals surface area contributed by atoms with Crippen LogP contribution in [0.5, 0.6) is 0 Å². The molecule has 0 amide bonds. The molecule has 0 aromatic rings. The predicted molar refractivity (Wildman–Crippen MR) is 422 cm³/mol. The van der Waals surface area contributed by atoms with Gasteiger partial charge in [0.05, 0.1) is 17.8 Å². The van der Waals surface area contributed by atoms with Crippen LogP contribution in [-0.2, 0) is 0 Å². The molecule has 0 aromatic heterocycles. The van der Waals surface area contributed by atoms with Gasteiger partial charge in [-0.3, -0.25) is 0 Å². The molecule has 0 saturated heterocycles. The van der Waals surface area contributed by atoms with Gasteiger partial charge in [0.1, 0.15) is 0 Å². The van der Waals surface area contributed by atoms with Crippen LogP contribution in [0, 0.1) is 147 Å². The molecule has 0 spiro atoms. The fourth-order valence-corrected chi connectivity index (χ4v) is 26.9. The summed E-state index contributed by atoms with van der Waals surface area (Å²) in [6, 6.07) is 0. The Hall–Kier alpha value is -0.160. The lowest BCUT2D eigenvalue weighted by atomic mass is 9.50. The lowest BCUT2D eigenvalue weighted by Crippen LogP contribution is -2.50. The van der Waals surface area contributed by atoms with E-state index in [1.807, 2.05) is 111 Å². The number of hydrogen-bond donors (Lipinski definition) is 4. The van der Waals surface area contributed by atoms with Crippen LogP contribution in [0.1, 0.15) is 415 Å². The van der Waals surface area contributed by atoms with Crippen molar-refractivity contribution in [2.75, 3.05) is 6.61 Å². The molecule has 0 radical (unpaired) electrons. The summed E-state index contributed by atoms with van der Waals surface area (Å²) in [5.74, 6) is 25.3. The molecular weight excluding hydrogens is 1170 g/mol. The third-order valence-electron chi connectivity index (χ3n) is 28.9. The topological polar surface area (TPSA) is 80.9 Å². The minimum atomic E-state index is -0.200. The number of fused-ring (bicyclic) bond motifs is 2. The Kier molecular flexibility index (Phi) is 42.9. The number of aliphatic hydroxyl groups is 4. The van der Waals surface area contributed by atoms with Crippen molar-refractivity contribution in [1.29, 1.82) is 0 Å². The zero-order chi connectivity index (χ0) is 71.1. The minimum absolute atomic E-state index is 0.0359. The van der Waals surface area contributed by atoms with Crippen LogP contribution in [0.2, 0.25) is 0 Å². The first-order valence-electron chi connectivity index (χ1n) is 45.4. The fraction of sp³-hybridized carbons (Fsp3) is 1.00. The van der Waals surface area contributed by atoms with Gasteiger partial charge >= 0.3 is 0 Å². The zero-order valence-corrected chi connectivity index (χ0v) is 68.9. The van der Waals surface area contributed by atoms with E-state index in [1.54, 1.807) is 96.3 Å². The van der Waals surface area contributed by atoms with Crippen LogP contribution in [0.15, 0.2) is 0 Å². The average Bonchev–Trinajstić information content (AvgIpc) is 0.824. The van der Waals surface area contributed by atoms with Crippen molar-refractivity contribution in [3.63, 3.8) is 0 Å². The highest BCUT2D eigenvalue weighted by molar-refractivity contribution is 5.04. The van der Waals surface area contributed by atoms with Crippen molar-refractivity contribution in [3.8, 4) is 0 Å². The summed E-state index contributed by atoms with van der Waals surface area (Å²) in [5, 5.41) is 37.7. The Morgan fingerprint density at radius 2 is 0.594 bits per heavy atom. The maximum Gasteiger partial charge on any atom is 0.0655 e. The molecule has 3 atom stereocenters. The Morgan fingerprint density at radius 1 is 0.312 bits per heavy atom. The van der Waals surface area contributed by atoms with Crippen molar-refractivity contribution >= 4 is 0 Å². The Labute approximate surface area is 603 Å². The van der Waals surface area contributed by atoms with Crippen molar-refractivity contribution in [2.24, 2.45) is 147 Å². The number of rotatable bonds is 3. The molecule has 0 aliphatic heterocycles. The Balaban J connectivity index is 0.000000228. The van der Waals surface area contributed by atoms with Gasteiger partial charge in [-0.15, -0.1) is 0 Å². The van der Waals surface area contributed by atoms with Gasteiger partial charge < -0.3 is 20.4 Å². The summed E-state index contributed by atoms with van der Waals surface area (Å²) in [7, 11) is 0. The Morgan fingerprint density at radius 3 is 0.823 bits per heavy atom. The highest BCUT2D eigenvalue weighted by Crippen LogP contribution is 2.62. The molecule has 0 heterocycles. The van der Waals surface area contributed by atoms with Crippen LogP contribution in [0.25, 0.3) is 0 Å². The molecule has 0 aromatic carbocycles. The van der Waals surface area contributed by atoms with E-state index in [0.29, 0.717) is 17.9 Å².